The first-order chi connectivity index (χ1) is 10.8. The monoisotopic (exact) mass is 374 g/mol. The van der Waals surface area contributed by atoms with Crippen LogP contribution in [0.4, 0.5) is 10.1 Å². The number of amides is 1. The van der Waals surface area contributed by atoms with Crippen LogP contribution in [0, 0.1) is 12.7 Å². The standard InChI is InChI=1S/C16H14Cl3FN2O/c1-10-2-4-11(5-3-10)14(23)22-15(16(17,18)19)21-13-8-6-12(20)7-9-13/h2-9,15,21H,1H3,(H,22,23)/t15-/m0/s1. The van der Waals surface area contributed by atoms with E-state index in [1.54, 1.807) is 12.1 Å². The number of benzene rings is 2. The highest BCUT2D eigenvalue weighted by atomic mass is 35.6. The molecule has 122 valence electrons. The lowest BCUT2D eigenvalue weighted by Gasteiger charge is -2.27. The molecule has 0 fully saturated rings. The molecule has 0 unspecified atom stereocenters. The Kier molecular flexibility index (Phi) is 5.74. The van der Waals surface area contributed by atoms with Gasteiger partial charge in [0.2, 0.25) is 3.79 Å². The number of nitrogens with one attached hydrogen (secondary N) is 2. The van der Waals surface area contributed by atoms with Crippen LogP contribution in [-0.2, 0) is 0 Å². The number of alkyl halides is 3. The van der Waals surface area contributed by atoms with Gasteiger partial charge in [-0.15, -0.1) is 0 Å². The smallest absolute Gasteiger partial charge is 0.252 e. The van der Waals surface area contributed by atoms with Crippen LogP contribution < -0.4 is 10.6 Å². The lowest BCUT2D eigenvalue weighted by molar-refractivity contribution is 0.0942. The summed E-state index contributed by atoms with van der Waals surface area (Å²) in [6.45, 7) is 1.92. The normalized spacial score (nSPS) is 12.6. The molecule has 23 heavy (non-hydrogen) atoms. The first-order valence-corrected chi connectivity index (χ1v) is 7.85. The van der Waals surface area contributed by atoms with Crippen LogP contribution in [0.1, 0.15) is 15.9 Å². The molecule has 2 rings (SSSR count). The number of carbonyl (C=O) groups excluding carboxylic acids is 1. The largest absolute Gasteiger partial charge is 0.362 e. The number of rotatable bonds is 4. The van der Waals surface area contributed by atoms with Crippen molar-refractivity contribution in [2.75, 3.05) is 5.32 Å². The summed E-state index contributed by atoms with van der Waals surface area (Å²) < 4.78 is 11.1. The Balaban J connectivity index is 2.14. The molecule has 0 spiro atoms. The minimum absolute atomic E-state index is 0.385. The average Bonchev–Trinajstić information content (AvgIpc) is 2.48. The van der Waals surface area contributed by atoms with Gasteiger partial charge in [0.15, 0.2) is 0 Å². The van der Waals surface area contributed by atoms with Crippen molar-refractivity contribution in [2.45, 2.75) is 16.9 Å². The van der Waals surface area contributed by atoms with E-state index in [9.17, 15) is 9.18 Å². The Bertz CT molecular complexity index is 669. The molecule has 0 bridgehead atoms. The second-order valence-electron chi connectivity index (χ2n) is 4.97. The number of hydrogen-bond acceptors (Lipinski definition) is 2. The van der Waals surface area contributed by atoms with Gasteiger partial charge in [0.05, 0.1) is 0 Å². The van der Waals surface area contributed by atoms with Crippen LogP contribution in [0.2, 0.25) is 0 Å². The van der Waals surface area contributed by atoms with Gasteiger partial charge in [0.25, 0.3) is 5.91 Å². The second-order valence-corrected chi connectivity index (χ2v) is 7.33. The molecule has 1 amide bonds. The lowest BCUT2D eigenvalue weighted by atomic mass is 10.1. The molecule has 0 aliphatic carbocycles. The van der Waals surface area contributed by atoms with E-state index in [1.807, 2.05) is 19.1 Å². The fourth-order valence-electron chi connectivity index (χ4n) is 1.83. The summed E-state index contributed by atoms with van der Waals surface area (Å²) in [7, 11) is 0. The Morgan fingerprint density at radius 1 is 1.04 bits per heavy atom. The van der Waals surface area contributed by atoms with Gasteiger partial charge in [-0.2, -0.15) is 0 Å². The summed E-state index contributed by atoms with van der Waals surface area (Å²) in [6, 6.07) is 12.5. The van der Waals surface area contributed by atoms with Crippen LogP contribution in [-0.4, -0.2) is 15.9 Å². The molecule has 3 nitrogen and oxygen atoms in total. The first-order valence-electron chi connectivity index (χ1n) is 6.72. The molecule has 1 atom stereocenters. The molecule has 0 heterocycles. The fraction of sp³-hybridized carbons (Fsp3) is 0.188. The Labute approximate surface area is 148 Å². The topological polar surface area (TPSA) is 41.1 Å². The van der Waals surface area contributed by atoms with Gasteiger partial charge in [0.1, 0.15) is 12.0 Å². The molecular formula is C16H14Cl3FN2O. The van der Waals surface area contributed by atoms with Crippen molar-refractivity contribution >= 4 is 46.4 Å². The summed E-state index contributed by atoms with van der Waals surface area (Å²) in [4.78, 5) is 12.3. The number of aryl methyl sites for hydroxylation is 1. The molecule has 0 aliphatic heterocycles. The van der Waals surface area contributed by atoms with Gasteiger partial charge in [-0.25, -0.2) is 4.39 Å². The van der Waals surface area contributed by atoms with Crippen molar-refractivity contribution < 1.29 is 9.18 Å². The highest BCUT2D eigenvalue weighted by Crippen LogP contribution is 2.31. The molecular weight excluding hydrogens is 362 g/mol. The molecule has 0 radical (unpaired) electrons. The van der Waals surface area contributed by atoms with Crippen LogP contribution in [0.15, 0.2) is 48.5 Å². The third kappa shape index (κ3) is 5.27. The zero-order valence-corrected chi connectivity index (χ0v) is 14.4. The summed E-state index contributed by atoms with van der Waals surface area (Å²) in [6.07, 6.45) is -0.994. The SMILES string of the molecule is Cc1ccc(C(=O)N[C@H](Nc2ccc(F)cc2)C(Cl)(Cl)Cl)cc1. The Hall–Kier alpha value is -1.49. The van der Waals surface area contributed by atoms with Gasteiger partial charge >= 0.3 is 0 Å². The number of hydrogen-bond donors (Lipinski definition) is 2. The third-order valence-electron chi connectivity index (χ3n) is 3.07. The predicted octanol–water partition coefficient (Wildman–Crippen LogP) is 4.67. The van der Waals surface area contributed by atoms with E-state index >= 15 is 0 Å². The minimum Gasteiger partial charge on any atom is -0.362 e. The van der Waals surface area contributed by atoms with Gasteiger partial charge in [-0.1, -0.05) is 52.5 Å². The molecule has 2 aromatic carbocycles. The molecule has 0 aromatic heterocycles. The summed E-state index contributed by atoms with van der Waals surface area (Å²) >= 11 is 17.8. The Morgan fingerprint density at radius 2 is 1.61 bits per heavy atom. The number of halogens is 4. The van der Waals surface area contributed by atoms with Crippen molar-refractivity contribution in [3.63, 3.8) is 0 Å². The molecule has 2 N–H and O–H groups in total. The zero-order chi connectivity index (χ0) is 17.0. The van der Waals surface area contributed by atoms with Crippen LogP contribution in [0.3, 0.4) is 0 Å². The quantitative estimate of drug-likeness (QED) is 0.602. The molecule has 0 saturated carbocycles. The van der Waals surface area contributed by atoms with Crippen LogP contribution in [0.25, 0.3) is 0 Å². The van der Waals surface area contributed by atoms with E-state index in [2.05, 4.69) is 10.6 Å². The predicted molar refractivity (Wildman–Crippen MR) is 92.7 cm³/mol. The molecule has 7 heteroatoms. The third-order valence-corrected chi connectivity index (χ3v) is 3.73. The average molecular weight is 376 g/mol. The van der Waals surface area contributed by atoms with Crippen molar-refractivity contribution in [2.24, 2.45) is 0 Å². The minimum atomic E-state index is -1.80. The van der Waals surface area contributed by atoms with Gasteiger partial charge in [-0.05, 0) is 43.3 Å². The molecule has 0 saturated heterocycles. The number of carbonyl (C=O) groups is 1. The highest BCUT2D eigenvalue weighted by Gasteiger charge is 2.34. The van der Waals surface area contributed by atoms with E-state index in [4.69, 9.17) is 34.8 Å². The van der Waals surface area contributed by atoms with Gasteiger partial charge < -0.3 is 10.6 Å². The summed E-state index contributed by atoms with van der Waals surface area (Å²) in [5.41, 5.74) is 1.98. The lowest BCUT2D eigenvalue weighted by Crippen LogP contribution is -2.49. The van der Waals surface area contributed by atoms with Crippen molar-refractivity contribution in [1.29, 1.82) is 0 Å². The van der Waals surface area contributed by atoms with E-state index in [-0.39, 0.29) is 5.82 Å². The zero-order valence-electron chi connectivity index (χ0n) is 12.1. The number of anilines is 1. The summed E-state index contributed by atoms with van der Waals surface area (Å²) in [5.74, 6) is -0.777. The maximum absolute atomic E-state index is 12.9. The first kappa shape index (κ1) is 17.9. The maximum atomic E-state index is 12.9. The molecule has 2 aromatic rings. The van der Waals surface area contributed by atoms with Crippen molar-refractivity contribution in [3.8, 4) is 0 Å². The fourth-order valence-corrected chi connectivity index (χ4v) is 2.16. The summed E-state index contributed by atoms with van der Waals surface area (Å²) in [5, 5.41) is 5.48. The van der Waals surface area contributed by atoms with E-state index in [0.29, 0.717) is 11.3 Å². The van der Waals surface area contributed by atoms with Gasteiger partial charge in [0, 0.05) is 11.3 Å². The van der Waals surface area contributed by atoms with Gasteiger partial charge in [-0.3, -0.25) is 4.79 Å². The van der Waals surface area contributed by atoms with Crippen molar-refractivity contribution in [3.05, 3.63) is 65.5 Å². The van der Waals surface area contributed by atoms with Crippen LogP contribution >= 0.6 is 34.8 Å². The van der Waals surface area contributed by atoms with E-state index < -0.39 is 15.9 Å². The maximum Gasteiger partial charge on any atom is 0.252 e. The van der Waals surface area contributed by atoms with Crippen molar-refractivity contribution in [1.82, 2.24) is 5.32 Å². The highest BCUT2D eigenvalue weighted by molar-refractivity contribution is 6.68. The van der Waals surface area contributed by atoms with E-state index in [0.717, 1.165) is 5.56 Å². The Morgan fingerprint density at radius 3 is 2.13 bits per heavy atom. The van der Waals surface area contributed by atoms with E-state index in [1.165, 1.54) is 24.3 Å². The second kappa shape index (κ2) is 7.39. The van der Waals surface area contributed by atoms with Crippen LogP contribution in [0.5, 0.6) is 0 Å². The molecule has 0 aliphatic rings.